The van der Waals surface area contributed by atoms with Gasteiger partial charge in [0.2, 0.25) is 5.91 Å². The van der Waals surface area contributed by atoms with E-state index in [9.17, 15) is 9.59 Å². The van der Waals surface area contributed by atoms with Crippen LogP contribution in [-0.2, 0) is 9.59 Å². The van der Waals surface area contributed by atoms with Crippen LogP contribution in [0.3, 0.4) is 0 Å². The molecule has 0 aromatic heterocycles. The summed E-state index contributed by atoms with van der Waals surface area (Å²) in [6.07, 6.45) is 11.7. The zero-order chi connectivity index (χ0) is 27.0. The van der Waals surface area contributed by atoms with E-state index >= 15 is 0 Å². The molecule has 36 heavy (non-hydrogen) atoms. The third-order valence-electron chi connectivity index (χ3n) is 7.64. The van der Waals surface area contributed by atoms with Crippen molar-refractivity contribution in [1.82, 2.24) is 16.0 Å². The van der Waals surface area contributed by atoms with Crippen molar-refractivity contribution < 1.29 is 14.7 Å². The number of aliphatic carboxylic acids is 1. The Balaban J connectivity index is 2.73. The fourth-order valence-corrected chi connectivity index (χ4v) is 5.24. The van der Waals surface area contributed by atoms with Gasteiger partial charge in [-0.2, -0.15) is 0 Å². The average molecular weight is 512 g/mol. The zero-order valence-corrected chi connectivity index (χ0v) is 23.7. The molecular weight excluding hydrogens is 454 g/mol. The number of nitrogens with two attached hydrogens (primary N) is 2. The highest BCUT2D eigenvalue weighted by atomic mass is 16.4. The largest absolute Gasteiger partial charge is 0.481 e. The second-order valence-electron chi connectivity index (χ2n) is 12.1. The van der Waals surface area contributed by atoms with Crippen LogP contribution >= 0.6 is 0 Å². The van der Waals surface area contributed by atoms with Gasteiger partial charge in [0.1, 0.15) is 5.66 Å². The molecule has 1 heterocycles. The van der Waals surface area contributed by atoms with E-state index in [1.807, 2.05) is 0 Å². The van der Waals surface area contributed by atoms with Crippen molar-refractivity contribution in [3.05, 3.63) is 0 Å². The summed E-state index contributed by atoms with van der Waals surface area (Å²) in [4.78, 5) is 23.2. The first-order valence-electron chi connectivity index (χ1n) is 14.5. The Morgan fingerprint density at radius 2 is 1.61 bits per heavy atom. The predicted molar refractivity (Wildman–Crippen MR) is 149 cm³/mol. The normalized spacial score (nSPS) is 32.9. The highest BCUT2D eigenvalue weighted by Gasteiger charge is 2.27. The van der Waals surface area contributed by atoms with Crippen LogP contribution in [0.5, 0.6) is 0 Å². The van der Waals surface area contributed by atoms with Crippen molar-refractivity contribution in [1.29, 1.82) is 0 Å². The third kappa shape index (κ3) is 15.8. The number of carboxylic acid groups (broad SMARTS) is 1. The van der Waals surface area contributed by atoms with Gasteiger partial charge in [0, 0.05) is 31.5 Å². The van der Waals surface area contributed by atoms with Crippen molar-refractivity contribution >= 4 is 11.9 Å². The van der Waals surface area contributed by atoms with Crippen LogP contribution in [0.25, 0.3) is 0 Å². The number of nitrogens with one attached hydrogen (secondary N) is 3. The third-order valence-corrected chi connectivity index (χ3v) is 7.64. The Morgan fingerprint density at radius 1 is 0.944 bits per heavy atom. The van der Waals surface area contributed by atoms with E-state index in [0.29, 0.717) is 25.3 Å². The summed E-state index contributed by atoms with van der Waals surface area (Å²) < 4.78 is 0. The van der Waals surface area contributed by atoms with Gasteiger partial charge in [0.25, 0.3) is 0 Å². The SMILES string of the molecule is CC[C@H]1CC[C@@](C)(N)CNCC(C)CNC[C@](N)(NC(=O)CCCC(=O)O)CCCCCCC(C)C1. The van der Waals surface area contributed by atoms with Gasteiger partial charge in [-0.05, 0) is 76.3 Å². The van der Waals surface area contributed by atoms with Crippen molar-refractivity contribution in [2.75, 3.05) is 26.2 Å². The Morgan fingerprint density at radius 3 is 2.28 bits per heavy atom. The predicted octanol–water partition coefficient (Wildman–Crippen LogP) is 3.73. The molecule has 0 bridgehead atoms. The summed E-state index contributed by atoms with van der Waals surface area (Å²) in [5, 5.41) is 18.9. The summed E-state index contributed by atoms with van der Waals surface area (Å²) in [6.45, 7) is 12.0. The standard InChI is InChI=1S/C28H57N5O3/c1-5-24-14-16-27(4,29)20-31-18-23(3)19-32-21-28(30,33-25(34)12-10-13-26(35)36)15-9-7-6-8-11-22(2)17-24/h22-24,31-32H,5-21,29-30H2,1-4H3,(H,33,34)(H,35,36)/t22?,23?,24-,27+,28+/m0/s1. The molecule has 1 amide bonds. The maximum absolute atomic E-state index is 12.5. The van der Waals surface area contributed by atoms with Crippen molar-refractivity contribution in [2.45, 2.75) is 122 Å². The molecular formula is C28H57N5O3. The van der Waals surface area contributed by atoms with Crippen LogP contribution in [0.4, 0.5) is 0 Å². The number of rotatable bonds is 6. The Labute approximate surface area is 220 Å². The average Bonchev–Trinajstić information content (AvgIpc) is 2.78. The topological polar surface area (TPSA) is 142 Å². The van der Waals surface area contributed by atoms with E-state index in [0.717, 1.165) is 50.7 Å². The molecule has 2 unspecified atom stereocenters. The minimum absolute atomic E-state index is 0.00692. The minimum atomic E-state index is -0.883. The van der Waals surface area contributed by atoms with Gasteiger partial charge in [0.05, 0.1) is 0 Å². The van der Waals surface area contributed by atoms with E-state index in [1.165, 1.54) is 38.5 Å². The van der Waals surface area contributed by atoms with Gasteiger partial charge in [-0.25, -0.2) is 0 Å². The fourth-order valence-electron chi connectivity index (χ4n) is 5.24. The first kappa shape index (κ1) is 32.8. The van der Waals surface area contributed by atoms with Crippen LogP contribution in [-0.4, -0.2) is 54.4 Å². The van der Waals surface area contributed by atoms with Gasteiger partial charge in [-0.1, -0.05) is 52.9 Å². The number of carbonyl (C=O) groups excluding carboxylic acids is 1. The second kappa shape index (κ2) is 17.3. The maximum atomic E-state index is 12.5. The quantitative estimate of drug-likeness (QED) is 0.298. The first-order valence-corrected chi connectivity index (χ1v) is 14.5. The molecule has 1 aliphatic rings. The van der Waals surface area contributed by atoms with E-state index in [2.05, 4.69) is 43.6 Å². The van der Waals surface area contributed by atoms with Crippen LogP contribution in [0.1, 0.15) is 111 Å². The lowest BCUT2D eigenvalue weighted by Gasteiger charge is -2.32. The summed E-state index contributed by atoms with van der Waals surface area (Å²) in [5.74, 6) is 0.809. The van der Waals surface area contributed by atoms with Crippen LogP contribution < -0.4 is 27.4 Å². The van der Waals surface area contributed by atoms with Gasteiger partial charge in [0.15, 0.2) is 0 Å². The molecule has 1 rings (SSSR count). The molecule has 212 valence electrons. The minimum Gasteiger partial charge on any atom is -0.481 e. The Bertz CT molecular complexity index is 630. The Hall–Kier alpha value is -1.22. The van der Waals surface area contributed by atoms with Gasteiger partial charge < -0.3 is 32.5 Å². The van der Waals surface area contributed by atoms with Gasteiger partial charge >= 0.3 is 5.97 Å². The van der Waals surface area contributed by atoms with E-state index in [4.69, 9.17) is 16.6 Å². The van der Waals surface area contributed by atoms with E-state index in [-0.39, 0.29) is 24.3 Å². The van der Waals surface area contributed by atoms with Crippen LogP contribution in [0, 0.1) is 17.8 Å². The summed E-state index contributed by atoms with van der Waals surface area (Å²) in [7, 11) is 0. The molecule has 8 nitrogen and oxygen atoms in total. The molecule has 0 radical (unpaired) electrons. The van der Waals surface area contributed by atoms with Gasteiger partial charge in [-0.3, -0.25) is 9.59 Å². The van der Waals surface area contributed by atoms with Crippen LogP contribution in [0.2, 0.25) is 0 Å². The molecule has 0 spiro atoms. The highest BCUT2D eigenvalue weighted by molar-refractivity contribution is 5.77. The molecule has 8 heteroatoms. The highest BCUT2D eigenvalue weighted by Crippen LogP contribution is 2.26. The maximum Gasteiger partial charge on any atom is 0.303 e. The van der Waals surface area contributed by atoms with Crippen LogP contribution in [0.15, 0.2) is 0 Å². The molecule has 0 aliphatic carbocycles. The molecule has 1 aliphatic heterocycles. The van der Waals surface area contributed by atoms with E-state index in [1.54, 1.807) is 0 Å². The lowest BCUT2D eigenvalue weighted by molar-refractivity contribution is -0.137. The number of carboxylic acids is 1. The molecule has 0 aromatic rings. The first-order chi connectivity index (χ1) is 16.9. The van der Waals surface area contributed by atoms with Crippen molar-refractivity contribution in [3.63, 3.8) is 0 Å². The number of hydrogen-bond donors (Lipinski definition) is 6. The lowest BCUT2D eigenvalue weighted by Crippen LogP contribution is -2.61. The van der Waals surface area contributed by atoms with E-state index < -0.39 is 11.6 Å². The summed E-state index contributed by atoms with van der Waals surface area (Å²) in [6, 6.07) is 0. The molecule has 5 atom stereocenters. The number of amides is 1. The molecule has 8 N–H and O–H groups in total. The number of hydrogen-bond acceptors (Lipinski definition) is 6. The molecule has 0 aromatic carbocycles. The molecule has 1 saturated heterocycles. The smallest absolute Gasteiger partial charge is 0.303 e. The van der Waals surface area contributed by atoms with Crippen molar-refractivity contribution in [2.24, 2.45) is 29.2 Å². The van der Waals surface area contributed by atoms with Crippen molar-refractivity contribution in [3.8, 4) is 0 Å². The zero-order valence-electron chi connectivity index (χ0n) is 23.7. The number of carbonyl (C=O) groups is 2. The molecule has 0 saturated carbocycles. The Kier molecular flexibility index (Phi) is 15.8. The molecule has 1 fully saturated rings. The fraction of sp³-hybridized carbons (Fsp3) is 0.929. The monoisotopic (exact) mass is 511 g/mol. The lowest BCUT2D eigenvalue weighted by atomic mass is 9.84. The summed E-state index contributed by atoms with van der Waals surface area (Å²) >= 11 is 0. The van der Waals surface area contributed by atoms with Gasteiger partial charge in [-0.15, -0.1) is 0 Å². The summed E-state index contributed by atoms with van der Waals surface area (Å²) in [5.41, 5.74) is 12.3. The second-order valence-corrected chi connectivity index (χ2v) is 12.1.